The molecule has 0 saturated carbocycles. The largest absolute Gasteiger partial charge is 0.457 e. The minimum Gasteiger partial charge on any atom is -0.457 e. The van der Waals surface area contributed by atoms with Crippen molar-refractivity contribution in [1.82, 2.24) is 0 Å². The van der Waals surface area contributed by atoms with E-state index in [9.17, 15) is 22.8 Å². The Morgan fingerprint density at radius 2 is 1.46 bits per heavy atom. The van der Waals surface area contributed by atoms with Crippen LogP contribution in [0, 0.1) is 0 Å². The molecule has 7 nitrogen and oxygen atoms in total. The fourth-order valence-electron chi connectivity index (χ4n) is 7.52. The number of cyclic esters (lactones) is 1. The highest BCUT2D eigenvalue weighted by molar-refractivity contribution is 6.99. The number of methoxy groups -OCH3 is 1. The highest BCUT2D eigenvalue weighted by atomic mass is 28.4. The maximum Gasteiger partial charge on any atom is 0.432 e. The first-order valence-electron chi connectivity index (χ1n) is 17.2. The third-order valence-electron chi connectivity index (χ3n) is 10.1. The first kappa shape index (κ1) is 37.7. The van der Waals surface area contributed by atoms with E-state index in [0.717, 1.165) is 17.5 Å². The zero-order valence-corrected chi connectivity index (χ0v) is 30.3. The molecule has 2 aliphatic rings. The monoisotopic (exact) mass is 712 g/mol. The van der Waals surface area contributed by atoms with E-state index in [2.05, 4.69) is 45.0 Å². The summed E-state index contributed by atoms with van der Waals surface area (Å²) in [4.78, 5) is 25.8. The molecule has 2 heterocycles. The van der Waals surface area contributed by atoms with Crippen LogP contribution in [0.2, 0.25) is 5.04 Å². The molecule has 0 spiro atoms. The van der Waals surface area contributed by atoms with Crippen molar-refractivity contribution in [3.63, 3.8) is 0 Å². The molecule has 0 unspecified atom stereocenters. The van der Waals surface area contributed by atoms with Crippen LogP contribution < -0.4 is 10.4 Å². The maximum atomic E-state index is 14.7. The van der Waals surface area contributed by atoms with Crippen LogP contribution in [0.5, 0.6) is 0 Å². The van der Waals surface area contributed by atoms with E-state index >= 15 is 0 Å². The van der Waals surface area contributed by atoms with Crippen molar-refractivity contribution in [3.8, 4) is 0 Å². The van der Waals surface area contributed by atoms with Gasteiger partial charge in [0.2, 0.25) is 0 Å². The molecule has 50 heavy (non-hydrogen) atoms. The summed E-state index contributed by atoms with van der Waals surface area (Å²) in [6.07, 6.45) is -5.36. The zero-order chi connectivity index (χ0) is 36.2. The molecule has 3 aromatic carbocycles. The van der Waals surface area contributed by atoms with Gasteiger partial charge in [-0.05, 0) is 54.4 Å². The number of ether oxygens (including phenoxy) is 4. The Labute approximate surface area is 293 Å². The van der Waals surface area contributed by atoms with Crippen molar-refractivity contribution in [2.75, 3.05) is 13.7 Å². The molecule has 5 rings (SSSR count). The Morgan fingerprint density at radius 1 is 0.900 bits per heavy atom. The number of halogens is 3. The number of benzene rings is 3. The van der Waals surface area contributed by atoms with Crippen molar-refractivity contribution in [2.24, 2.45) is 0 Å². The average Bonchev–Trinajstić information content (AvgIpc) is 3.45. The van der Waals surface area contributed by atoms with Gasteiger partial charge in [-0.2, -0.15) is 13.2 Å². The van der Waals surface area contributed by atoms with Gasteiger partial charge in [-0.25, -0.2) is 4.79 Å². The first-order valence-corrected chi connectivity index (χ1v) is 19.1. The van der Waals surface area contributed by atoms with E-state index in [-0.39, 0.29) is 29.4 Å². The van der Waals surface area contributed by atoms with E-state index in [0.29, 0.717) is 32.3 Å². The standard InChI is InChI=1S/C39H47F3O7Si/c1-36(2,3)50(29-18-11-7-12-19-29,30-20-13-8-14-21-30)46-27-15-22-31-32(23-24-33(47-31)37(4)26-25-34(43)49-37)48-35(44)38(45-5,39(40,41)42)28-16-9-6-10-17-28/h6-14,16-21,31-33H,15,22-27H2,1-5H3/t31-,32+,33-,37+,38+/m1/s1. The fourth-order valence-corrected chi connectivity index (χ4v) is 12.1. The second-order valence-electron chi connectivity index (χ2n) is 14.4. The van der Waals surface area contributed by atoms with Crippen LogP contribution in [0.4, 0.5) is 13.2 Å². The third kappa shape index (κ3) is 7.28. The van der Waals surface area contributed by atoms with Gasteiger partial charge in [0, 0.05) is 25.7 Å². The van der Waals surface area contributed by atoms with Crippen LogP contribution in [0.25, 0.3) is 0 Å². The molecule has 0 radical (unpaired) electrons. The number of alkyl halides is 3. The fraction of sp³-hybridized carbons (Fsp3) is 0.487. The smallest absolute Gasteiger partial charge is 0.432 e. The van der Waals surface area contributed by atoms with Gasteiger partial charge >= 0.3 is 18.1 Å². The van der Waals surface area contributed by atoms with Crippen LogP contribution in [0.3, 0.4) is 0 Å². The third-order valence-corrected chi connectivity index (χ3v) is 15.2. The summed E-state index contributed by atoms with van der Waals surface area (Å²) < 4.78 is 74.2. The number of hydrogen-bond acceptors (Lipinski definition) is 7. The summed E-state index contributed by atoms with van der Waals surface area (Å²) in [5.74, 6) is -1.88. The van der Waals surface area contributed by atoms with Crippen LogP contribution >= 0.6 is 0 Å². The number of carbonyl (C=O) groups is 2. The lowest BCUT2D eigenvalue weighted by Gasteiger charge is -2.44. The normalized spacial score (nSPS) is 24.3. The highest BCUT2D eigenvalue weighted by Gasteiger charge is 2.64. The molecule has 0 N–H and O–H groups in total. The summed E-state index contributed by atoms with van der Waals surface area (Å²) in [6, 6.07) is 27.2. The van der Waals surface area contributed by atoms with Crippen LogP contribution in [0.15, 0.2) is 91.0 Å². The molecule has 2 aliphatic heterocycles. The average molecular weight is 713 g/mol. The van der Waals surface area contributed by atoms with E-state index in [1.807, 2.05) is 43.3 Å². The zero-order valence-electron chi connectivity index (χ0n) is 29.3. The Balaban J connectivity index is 1.40. The minimum absolute atomic E-state index is 0.218. The molecule has 3 aromatic rings. The first-order chi connectivity index (χ1) is 23.7. The molecular formula is C39H47F3O7Si. The number of esters is 2. The van der Waals surface area contributed by atoms with E-state index < -0.39 is 50.0 Å². The van der Waals surface area contributed by atoms with Gasteiger partial charge in [0.15, 0.2) is 0 Å². The number of rotatable bonds is 12. The Kier molecular flexibility index (Phi) is 11.3. The molecule has 5 atom stereocenters. The molecule has 2 saturated heterocycles. The predicted octanol–water partition coefficient (Wildman–Crippen LogP) is 7.00. The van der Waals surface area contributed by atoms with Gasteiger partial charge in [-0.1, -0.05) is 112 Å². The summed E-state index contributed by atoms with van der Waals surface area (Å²) >= 11 is 0. The quantitative estimate of drug-likeness (QED) is 0.114. The lowest BCUT2D eigenvalue weighted by Crippen LogP contribution is -2.66. The summed E-state index contributed by atoms with van der Waals surface area (Å²) in [5.41, 5.74) is -4.59. The van der Waals surface area contributed by atoms with E-state index in [4.69, 9.17) is 23.4 Å². The van der Waals surface area contributed by atoms with Crippen LogP contribution in [0.1, 0.15) is 71.8 Å². The lowest BCUT2D eigenvalue weighted by molar-refractivity contribution is -0.282. The molecule has 11 heteroatoms. The van der Waals surface area contributed by atoms with Gasteiger partial charge in [-0.15, -0.1) is 0 Å². The van der Waals surface area contributed by atoms with Gasteiger partial charge in [0.05, 0.1) is 12.2 Å². The van der Waals surface area contributed by atoms with Gasteiger partial charge in [0.1, 0.15) is 11.7 Å². The van der Waals surface area contributed by atoms with Crippen LogP contribution in [-0.4, -0.2) is 64.1 Å². The topological polar surface area (TPSA) is 80.3 Å². The highest BCUT2D eigenvalue weighted by Crippen LogP contribution is 2.45. The predicted molar refractivity (Wildman–Crippen MR) is 185 cm³/mol. The minimum atomic E-state index is -5.11. The molecule has 0 aromatic heterocycles. The Bertz CT molecular complexity index is 1540. The van der Waals surface area contributed by atoms with Gasteiger partial charge < -0.3 is 23.4 Å². The van der Waals surface area contributed by atoms with Crippen molar-refractivity contribution in [2.45, 2.75) is 107 Å². The van der Waals surface area contributed by atoms with Crippen molar-refractivity contribution < 1.29 is 46.1 Å². The van der Waals surface area contributed by atoms with E-state index in [1.54, 1.807) is 6.07 Å². The summed E-state index contributed by atoms with van der Waals surface area (Å²) in [5, 5.41) is 2.00. The van der Waals surface area contributed by atoms with Gasteiger partial charge in [-0.3, -0.25) is 4.79 Å². The SMILES string of the molecule is CO[C@](C(=O)O[C@H]1CC[C@H]([C@]2(C)CCC(=O)O2)O[C@@H]1CCCO[Si](c1ccccc1)(c1ccccc1)C(C)(C)C)(c1ccccc1)C(F)(F)F. The van der Waals surface area contributed by atoms with Crippen LogP contribution in [-0.2, 0) is 38.6 Å². The second-order valence-corrected chi connectivity index (χ2v) is 18.7. The Morgan fingerprint density at radius 3 is 1.94 bits per heavy atom. The molecule has 0 amide bonds. The maximum absolute atomic E-state index is 14.7. The summed E-state index contributed by atoms with van der Waals surface area (Å²) in [7, 11) is -2.00. The lowest BCUT2D eigenvalue weighted by atomic mass is 9.87. The Hall–Kier alpha value is -3.51. The van der Waals surface area contributed by atoms with E-state index in [1.165, 1.54) is 24.3 Å². The van der Waals surface area contributed by atoms with Gasteiger partial charge in [0.25, 0.3) is 13.9 Å². The number of carbonyl (C=O) groups excluding carboxylic acids is 2. The molecule has 0 aliphatic carbocycles. The molecular weight excluding hydrogens is 666 g/mol. The van der Waals surface area contributed by atoms with Crippen molar-refractivity contribution in [3.05, 3.63) is 96.6 Å². The second kappa shape index (κ2) is 15.0. The van der Waals surface area contributed by atoms with Crippen molar-refractivity contribution in [1.29, 1.82) is 0 Å². The number of hydrogen-bond donors (Lipinski definition) is 0. The summed E-state index contributed by atoms with van der Waals surface area (Å²) in [6.45, 7) is 8.69. The molecule has 2 fully saturated rings. The molecule has 0 bridgehead atoms. The molecule has 270 valence electrons. The van der Waals surface area contributed by atoms with Crippen molar-refractivity contribution >= 4 is 30.6 Å².